The minimum atomic E-state index is -0.409. The first-order chi connectivity index (χ1) is 6.81. The molecule has 5 heteroatoms. The van der Waals surface area contributed by atoms with E-state index in [1.54, 1.807) is 11.3 Å². The van der Waals surface area contributed by atoms with E-state index in [2.05, 4.69) is 5.32 Å². The highest BCUT2D eigenvalue weighted by Crippen LogP contribution is 2.29. The first kappa shape index (κ1) is 8.98. The van der Waals surface area contributed by atoms with Crippen LogP contribution >= 0.6 is 11.3 Å². The topological polar surface area (TPSA) is 67.1 Å². The van der Waals surface area contributed by atoms with Gasteiger partial charge in [0.1, 0.15) is 0 Å². The number of nitrogens with two attached hydrogens (primary N) is 1. The van der Waals surface area contributed by atoms with E-state index in [9.17, 15) is 4.79 Å². The van der Waals surface area contributed by atoms with Crippen molar-refractivity contribution in [2.45, 2.75) is 0 Å². The molecule has 72 valence electrons. The molecule has 1 aromatic carbocycles. The van der Waals surface area contributed by atoms with Crippen molar-refractivity contribution in [2.75, 3.05) is 5.32 Å². The molecule has 14 heavy (non-hydrogen) atoms. The normalized spacial score (nSPS) is 10.1. The van der Waals surface area contributed by atoms with Gasteiger partial charge in [0.05, 0.1) is 5.69 Å². The molecule has 0 atom stereocenters. The lowest BCUT2D eigenvalue weighted by atomic mass is 10.2. The molecule has 2 amide bonds. The number of fused-ring (bicyclic) bond motifs is 1. The number of urea groups is 1. The van der Waals surface area contributed by atoms with Gasteiger partial charge in [-0.25, -0.2) is 10.6 Å². The van der Waals surface area contributed by atoms with Crippen LogP contribution < -0.4 is 16.6 Å². The van der Waals surface area contributed by atoms with E-state index in [1.807, 2.05) is 35.1 Å². The van der Waals surface area contributed by atoms with Crippen molar-refractivity contribution < 1.29 is 4.79 Å². The smallest absolute Gasteiger partial charge is 0.305 e. The number of thiophene rings is 1. The van der Waals surface area contributed by atoms with E-state index >= 15 is 0 Å². The van der Waals surface area contributed by atoms with Gasteiger partial charge < -0.3 is 5.32 Å². The lowest BCUT2D eigenvalue weighted by Crippen LogP contribution is -2.34. The molecule has 0 aliphatic rings. The Morgan fingerprint density at radius 3 is 2.93 bits per heavy atom. The first-order valence-corrected chi connectivity index (χ1v) is 4.93. The van der Waals surface area contributed by atoms with Crippen LogP contribution in [-0.4, -0.2) is 6.03 Å². The maximum Gasteiger partial charge on any atom is 0.333 e. The van der Waals surface area contributed by atoms with Crippen LogP contribution in [-0.2, 0) is 0 Å². The van der Waals surface area contributed by atoms with E-state index in [0.29, 0.717) is 0 Å². The van der Waals surface area contributed by atoms with E-state index in [1.165, 1.54) is 0 Å². The van der Waals surface area contributed by atoms with Crippen LogP contribution in [0.3, 0.4) is 0 Å². The molecule has 0 saturated heterocycles. The number of rotatable bonds is 1. The molecule has 0 fully saturated rings. The van der Waals surface area contributed by atoms with Crippen molar-refractivity contribution in [3.05, 3.63) is 29.6 Å². The van der Waals surface area contributed by atoms with Gasteiger partial charge in [-0.3, -0.25) is 5.43 Å². The highest BCUT2D eigenvalue weighted by Gasteiger charge is 2.05. The Hall–Kier alpha value is -1.59. The standard InChI is InChI=1S/C9H9N3OS/c10-12-9(13)11-7-5-14-8-4-2-1-3-6(7)8/h1-5H,10H2,(H2,11,12,13). The molecular formula is C9H9N3OS. The molecule has 0 unspecified atom stereocenters. The zero-order chi connectivity index (χ0) is 9.97. The molecule has 2 rings (SSSR count). The lowest BCUT2D eigenvalue weighted by molar-refractivity contribution is 0.252. The molecule has 0 saturated carbocycles. The third-order valence-corrected chi connectivity index (χ3v) is 2.82. The number of carbonyl (C=O) groups is 1. The van der Waals surface area contributed by atoms with Gasteiger partial charge in [0.15, 0.2) is 0 Å². The fourth-order valence-electron chi connectivity index (χ4n) is 1.23. The second-order valence-electron chi connectivity index (χ2n) is 2.74. The van der Waals surface area contributed by atoms with Crippen LogP contribution in [0, 0.1) is 0 Å². The van der Waals surface area contributed by atoms with E-state index in [-0.39, 0.29) is 0 Å². The predicted octanol–water partition coefficient (Wildman–Crippen LogP) is 1.90. The van der Waals surface area contributed by atoms with Gasteiger partial charge >= 0.3 is 6.03 Å². The zero-order valence-electron chi connectivity index (χ0n) is 7.28. The van der Waals surface area contributed by atoms with E-state index in [4.69, 9.17) is 5.84 Å². The summed E-state index contributed by atoms with van der Waals surface area (Å²) in [7, 11) is 0. The Labute approximate surface area is 84.7 Å². The molecule has 4 N–H and O–H groups in total. The molecule has 0 spiro atoms. The van der Waals surface area contributed by atoms with Gasteiger partial charge in [-0.05, 0) is 6.07 Å². The Balaban J connectivity index is 2.38. The van der Waals surface area contributed by atoms with Crippen LogP contribution in [0.1, 0.15) is 0 Å². The summed E-state index contributed by atoms with van der Waals surface area (Å²) in [5.74, 6) is 4.97. The van der Waals surface area contributed by atoms with Crippen LogP contribution in [0.25, 0.3) is 10.1 Å². The fourth-order valence-corrected chi connectivity index (χ4v) is 2.13. The average molecular weight is 207 g/mol. The van der Waals surface area contributed by atoms with Crippen LogP contribution in [0.2, 0.25) is 0 Å². The number of hydrogen-bond donors (Lipinski definition) is 3. The summed E-state index contributed by atoms with van der Waals surface area (Å²) in [4.78, 5) is 11.0. The van der Waals surface area contributed by atoms with Crippen molar-refractivity contribution in [3.63, 3.8) is 0 Å². The van der Waals surface area contributed by atoms with Gasteiger partial charge in [0.25, 0.3) is 0 Å². The van der Waals surface area contributed by atoms with Crippen molar-refractivity contribution in [1.82, 2.24) is 5.43 Å². The number of amides is 2. The quantitative estimate of drug-likeness (QED) is 0.380. The van der Waals surface area contributed by atoms with Crippen molar-refractivity contribution in [2.24, 2.45) is 5.84 Å². The largest absolute Gasteiger partial charge is 0.333 e. The highest BCUT2D eigenvalue weighted by molar-refractivity contribution is 7.17. The van der Waals surface area contributed by atoms with E-state index < -0.39 is 6.03 Å². The summed E-state index contributed by atoms with van der Waals surface area (Å²) in [6, 6.07) is 7.45. The maximum absolute atomic E-state index is 11.0. The van der Waals surface area contributed by atoms with Gasteiger partial charge in [-0.1, -0.05) is 18.2 Å². The first-order valence-electron chi connectivity index (χ1n) is 4.05. The van der Waals surface area contributed by atoms with Crippen molar-refractivity contribution >= 4 is 33.1 Å². The number of hydrazine groups is 1. The lowest BCUT2D eigenvalue weighted by Gasteiger charge is -2.01. The third kappa shape index (κ3) is 1.55. The molecule has 0 aliphatic carbocycles. The Morgan fingerprint density at radius 1 is 1.36 bits per heavy atom. The summed E-state index contributed by atoms with van der Waals surface area (Å²) in [5.41, 5.74) is 2.81. The molecule has 0 aliphatic heterocycles. The molecule has 0 radical (unpaired) electrons. The summed E-state index contributed by atoms with van der Waals surface area (Å²) in [5, 5.41) is 5.57. The minimum absolute atomic E-state index is 0.409. The van der Waals surface area contributed by atoms with Gasteiger partial charge in [-0.15, -0.1) is 11.3 Å². The summed E-state index contributed by atoms with van der Waals surface area (Å²) < 4.78 is 1.14. The number of carbonyl (C=O) groups excluding carboxylic acids is 1. The highest BCUT2D eigenvalue weighted by atomic mass is 32.1. The Kier molecular flexibility index (Phi) is 2.34. The van der Waals surface area contributed by atoms with Crippen LogP contribution in [0.15, 0.2) is 29.6 Å². The fraction of sp³-hybridized carbons (Fsp3) is 0. The Bertz CT molecular complexity index is 466. The third-order valence-electron chi connectivity index (χ3n) is 1.86. The van der Waals surface area contributed by atoms with Gasteiger partial charge in [-0.2, -0.15) is 0 Å². The predicted molar refractivity (Wildman–Crippen MR) is 58.2 cm³/mol. The molecule has 1 heterocycles. The number of benzene rings is 1. The SMILES string of the molecule is NNC(=O)Nc1csc2ccccc12. The average Bonchev–Trinajstić information content (AvgIpc) is 2.62. The number of hydrogen-bond acceptors (Lipinski definition) is 3. The van der Waals surface area contributed by atoms with Gasteiger partial charge in [0, 0.05) is 15.5 Å². The molecule has 2 aromatic rings. The van der Waals surface area contributed by atoms with E-state index in [0.717, 1.165) is 15.8 Å². The second-order valence-corrected chi connectivity index (χ2v) is 3.66. The van der Waals surface area contributed by atoms with Gasteiger partial charge in [0.2, 0.25) is 0 Å². The molecule has 4 nitrogen and oxygen atoms in total. The number of nitrogens with one attached hydrogen (secondary N) is 2. The Morgan fingerprint density at radius 2 is 2.14 bits per heavy atom. The summed E-state index contributed by atoms with van der Waals surface area (Å²) in [6.07, 6.45) is 0. The van der Waals surface area contributed by atoms with Crippen molar-refractivity contribution in [3.8, 4) is 0 Å². The zero-order valence-corrected chi connectivity index (χ0v) is 8.10. The van der Waals surface area contributed by atoms with Crippen LogP contribution in [0.4, 0.5) is 10.5 Å². The molecule has 0 bridgehead atoms. The summed E-state index contributed by atoms with van der Waals surface area (Å²) >= 11 is 1.58. The second kappa shape index (κ2) is 3.65. The maximum atomic E-state index is 11.0. The van der Waals surface area contributed by atoms with Crippen molar-refractivity contribution in [1.29, 1.82) is 0 Å². The van der Waals surface area contributed by atoms with Crippen LogP contribution in [0.5, 0.6) is 0 Å². The molecule has 1 aromatic heterocycles. The molecular weight excluding hydrogens is 198 g/mol. The number of anilines is 1. The summed E-state index contributed by atoms with van der Waals surface area (Å²) in [6.45, 7) is 0. The monoisotopic (exact) mass is 207 g/mol. The minimum Gasteiger partial charge on any atom is -0.305 e.